The number of para-hydroxylation sites is 2. The summed E-state index contributed by atoms with van der Waals surface area (Å²) < 4.78 is 0.911. The molecule has 0 saturated carbocycles. The summed E-state index contributed by atoms with van der Waals surface area (Å²) in [5.41, 5.74) is 8.62. The minimum Gasteiger partial charge on any atom is -0.310 e. The van der Waals surface area contributed by atoms with Crippen molar-refractivity contribution < 1.29 is 4.79 Å². The lowest BCUT2D eigenvalue weighted by Gasteiger charge is -2.42. The Morgan fingerprint density at radius 1 is 0.781 bits per heavy atom. The van der Waals surface area contributed by atoms with E-state index in [-0.39, 0.29) is 11.2 Å². The molecule has 0 unspecified atom stereocenters. The van der Waals surface area contributed by atoms with Gasteiger partial charge < -0.3 is 4.90 Å². The Morgan fingerprint density at radius 3 is 2.22 bits per heavy atom. The van der Waals surface area contributed by atoms with Crippen LogP contribution in [0, 0.1) is 0 Å². The van der Waals surface area contributed by atoms with Crippen molar-refractivity contribution >= 4 is 38.8 Å². The highest BCUT2D eigenvalue weighted by Crippen LogP contribution is 2.52. The van der Waals surface area contributed by atoms with Gasteiger partial charge in [0.25, 0.3) is 0 Å². The van der Waals surface area contributed by atoms with Crippen LogP contribution in [0.4, 0.5) is 17.1 Å². The van der Waals surface area contributed by atoms with E-state index in [0.29, 0.717) is 0 Å². The number of Topliss-reactive ketones (excluding diaryl/α,β-unsaturated/α-hetero) is 1. The fourth-order valence-corrected chi connectivity index (χ4v) is 5.15. The predicted octanol–water partition coefficient (Wildman–Crippen LogP) is 8.43. The second kappa shape index (κ2) is 7.75. The zero-order chi connectivity index (χ0) is 22.5. The van der Waals surface area contributed by atoms with Crippen LogP contribution < -0.4 is 4.90 Å². The first-order valence-electron chi connectivity index (χ1n) is 10.8. The van der Waals surface area contributed by atoms with Crippen LogP contribution in [-0.4, -0.2) is 5.78 Å². The van der Waals surface area contributed by atoms with Crippen molar-refractivity contribution in [1.82, 2.24) is 0 Å². The highest BCUT2D eigenvalue weighted by molar-refractivity contribution is 9.10. The number of benzene rings is 4. The Labute approximate surface area is 197 Å². The van der Waals surface area contributed by atoms with Gasteiger partial charge in [-0.2, -0.15) is 0 Å². The van der Waals surface area contributed by atoms with E-state index in [0.717, 1.165) is 26.9 Å². The number of hydrogen-bond donors (Lipinski definition) is 0. The second-order valence-electron chi connectivity index (χ2n) is 8.79. The van der Waals surface area contributed by atoms with Gasteiger partial charge in [0.2, 0.25) is 0 Å². The van der Waals surface area contributed by atoms with E-state index < -0.39 is 0 Å². The monoisotopic (exact) mass is 481 g/mol. The lowest BCUT2D eigenvalue weighted by Crippen LogP contribution is -2.30. The molecular weight excluding hydrogens is 458 g/mol. The highest BCUT2D eigenvalue weighted by atomic mass is 79.9. The van der Waals surface area contributed by atoms with Crippen LogP contribution in [0.3, 0.4) is 0 Å². The van der Waals surface area contributed by atoms with Crippen LogP contribution in [0.15, 0.2) is 95.5 Å². The first-order chi connectivity index (χ1) is 15.4. The average Bonchev–Trinajstić information content (AvgIpc) is 2.80. The first kappa shape index (κ1) is 20.7. The van der Waals surface area contributed by atoms with Gasteiger partial charge in [-0.3, -0.25) is 4.79 Å². The summed E-state index contributed by atoms with van der Waals surface area (Å²) in [6, 6.07) is 31.7. The number of carbonyl (C=O) groups excluding carboxylic acids is 1. The zero-order valence-corrected chi connectivity index (χ0v) is 20.0. The van der Waals surface area contributed by atoms with Crippen LogP contribution in [0.1, 0.15) is 42.3 Å². The average molecular weight is 482 g/mol. The molecule has 0 spiro atoms. The Bertz CT molecular complexity index is 1340. The van der Waals surface area contributed by atoms with Crippen LogP contribution in [0.2, 0.25) is 0 Å². The molecule has 0 aromatic heterocycles. The Morgan fingerprint density at radius 2 is 1.47 bits per heavy atom. The molecule has 1 aliphatic rings. The summed E-state index contributed by atoms with van der Waals surface area (Å²) in [5, 5.41) is 0. The van der Waals surface area contributed by atoms with E-state index in [9.17, 15) is 4.79 Å². The van der Waals surface area contributed by atoms with Crippen LogP contribution in [0.5, 0.6) is 0 Å². The van der Waals surface area contributed by atoms with Gasteiger partial charge in [-0.15, -0.1) is 0 Å². The Hall–Kier alpha value is -3.17. The summed E-state index contributed by atoms with van der Waals surface area (Å²) in [5.74, 6) is 0.0644. The van der Waals surface area contributed by atoms with E-state index in [1.165, 1.54) is 22.5 Å². The van der Waals surface area contributed by atoms with Crippen LogP contribution >= 0.6 is 15.9 Å². The van der Waals surface area contributed by atoms with Gasteiger partial charge in [0.1, 0.15) is 0 Å². The molecule has 0 bridgehead atoms. The van der Waals surface area contributed by atoms with Crippen molar-refractivity contribution in [1.29, 1.82) is 0 Å². The number of carbonyl (C=O) groups is 1. The molecule has 5 rings (SSSR count). The van der Waals surface area contributed by atoms with Gasteiger partial charge in [-0.1, -0.05) is 78.3 Å². The van der Waals surface area contributed by atoms with Crippen LogP contribution in [-0.2, 0) is 5.41 Å². The molecule has 0 fully saturated rings. The SMILES string of the molecule is CC(=O)c1cc(Br)ccc1-c1ccc2c(c1)C(C)(C)c1ccccc1N2c1ccccc1. The smallest absolute Gasteiger partial charge is 0.160 e. The molecule has 4 aromatic rings. The fourth-order valence-electron chi connectivity index (χ4n) is 4.79. The van der Waals surface area contributed by atoms with Gasteiger partial charge in [0, 0.05) is 21.1 Å². The maximum Gasteiger partial charge on any atom is 0.160 e. The third kappa shape index (κ3) is 3.28. The third-order valence-corrected chi connectivity index (χ3v) is 6.91. The number of nitrogens with zero attached hydrogens (tertiary/aromatic N) is 1. The zero-order valence-electron chi connectivity index (χ0n) is 18.4. The second-order valence-corrected chi connectivity index (χ2v) is 9.71. The molecule has 3 heteroatoms. The van der Waals surface area contributed by atoms with Crippen molar-refractivity contribution in [2.45, 2.75) is 26.2 Å². The summed E-state index contributed by atoms with van der Waals surface area (Å²) >= 11 is 3.51. The topological polar surface area (TPSA) is 20.3 Å². The summed E-state index contributed by atoms with van der Waals surface area (Å²) in [4.78, 5) is 14.7. The van der Waals surface area contributed by atoms with Gasteiger partial charge in [0.15, 0.2) is 5.78 Å². The number of ketones is 1. The number of fused-ring (bicyclic) bond motifs is 2. The number of halogens is 1. The maximum atomic E-state index is 12.4. The lowest BCUT2D eigenvalue weighted by molar-refractivity contribution is 0.101. The predicted molar refractivity (Wildman–Crippen MR) is 136 cm³/mol. The van der Waals surface area contributed by atoms with Gasteiger partial charge in [0.05, 0.1) is 11.4 Å². The molecule has 0 amide bonds. The minimum absolute atomic E-state index is 0.0644. The standard InChI is InChI=1S/C29H24BrNO/c1-19(32)24-18-21(30)14-15-23(24)20-13-16-28-26(17-20)29(2,3)25-11-7-8-12-27(25)31(28)22-9-5-4-6-10-22/h4-18H,1-3H3. The van der Waals surface area contributed by atoms with Crippen LogP contribution in [0.25, 0.3) is 11.1 Å². The lowest BCUT2D eigenvalue weighted by atomic mass is 9.72. The normalized spacial score (nSPS) is 13.9. The van der Waals surface area contributed by atoms with E-state index in [1.807, 2.05) is 24.3 Å². The molecule has 1 aliphatic heterocycles. The number of anilines is 3. The first-order valence-corrected chi connectivity index (χ1v) is 11.6. The summed E-state index contributed by atoms with van der Waals surface area (Å²) in [6.45, 7) is 6.19. The molecule has 4 aromatic carbocycles. The number of rotatable bonds is 3. The Balaban J connectivity index is 1.77. The molecule has 0 N–H and O–H groups in total. The molecule has 0 aliphatic carbocycles. The Kier molecular flexibility index (Phi) is 5.02. The summed E-state index contributed by atoms with van der Waals surface area (Å²) in [6.07, 6.45) is 0. The molecule has 1 heterocycles. The van der Waals surface area contributed by atoms with Gasteiger partial charge in [-0.05, 0) is 71.6 Å². The maximum absolute atomic E-state index is 12.4. The van der Waals surface area contributed by atoms with E-state index in [1.54, 1.807) is 6.92 Å². The van der Waals surface area contributed by atoms with E-state index >= 15 is 0 Å². The molecule has 32 heavy (non-hydrogen) atoms. The van der Waals surface area contributed by atoms with Gasteiger partial charge >= 0.3 is 0 Å². The summed E-state index contributed by atoms with van der Waals surface area (Å²) in [7, 11) is 0. The van der Waals surface area contributed by atoms with Crippen molar-refractivity contribution in [2.24, 2.45) is 0 Å². The largest absolute Gasteiger partial charge is 0.310 e. The van der Waals surface area contributed by atoms with Crippen molar-refractivity contribution in [2.75, 3.05) is 4.90 Å². The van der Waals surface area contributed by atoms with E-state index in [2.05, 4.69) is 101 Å². The highest BCUT2D eigenvalue weighted by Gasteiger charge is 2.37. The molecule has 158 valence electrons. The number of hydrogen-bond acceptors (Lipinski definition) is 2. The molecular formula is C29H24BrNO. The van der Waals surface area contributed by atoms with Crippen molar-refractivity contribution in [3.8, 4) is 11.1 Å². The molecule has 2 nitrogen and oxygen atoms in total. The molecule has 0 saturated heterocycles. The van der Waals surface area contributed by atoms with Gasteiger partial charge in [-0.25, -0.2) is 0 Å². The van der Waals surface area contributed by atoms with Crippen molar-refractivity contribution in [3.05, 3.63) is 112 Å². The third-order valence-electron chi connectivity index (χ3n) is 6.42. The van der Waals surface area contributed by atoms with Crippen molar-refractivity contribution in [3.63, 3.8) is 0 Å². The fraction of sp³-hybridized carbons (Fsp3) is 0.138. The molecule has 0 radical (unpaired) electrons. The minimum atomic E-state index is -0.182. The van der Waals surface area contributed by atoms with E-state index in [4.69, 9.17) is 0 Å². The quantitative estimate of drug-likeness (QED) is 0.273. The molecule has 0 atom stereocenters.